The van der Waals surface area contributed by atoms with Gasteiger partial charge in [-0.2, -0.15) is 0 Å². The van der Waals surface area contributed by atoms with E-state index in [1.807, 2.05) is 30.0 Å². The van der Waals surface area contributed by atoms with Gasteiger partial charge in [0.05, 0.1) is 6.54 Å². The molecule has 4 heteroatoms. The Morgan fingerprint density at radius 1 is 1.23 bits per heavy atom. The molecule has 1 atom stereocenters. The molecule has 1 aromatic carbocycles. The molecular formula is C18H26N2O2. The molecule has 0 aromatic heterocycles. The number of hydrogen-bond donors (Lipinski definition) is 1. The van der Waals surface area contributed by atoms with Crippen molar-refractivity contribution in [2.24, 2.45) is 0 Å². The van der Waals surface area contributed by atoms with E-state index in [1.54, 1.807) is 0 Å². The van der Waals surface area contributed by atoms with Crippen LogP contribution in [0, 0.1) is 0 Å². The Kier molecular flexibility index (Phi) is 6.44. The molecule has 0 saturated carbocycles. The van der Waals surface area contributed by atoms with Gasteiger partial charge in [-0.3, -0.25) is 9.59 Å². The lowest BCUT2D eigenvalue weighted by molar-refractivity contribution is -0.136. The van der Waals surface area contributed by atoms with E-state index in [2.05, 4.69) is 17.4 Å². The van der Waals surface area contributed by atoms with Crippen molar-refractivity contribution in [1.29, 1.82) is 0 Å². The highest BCUT2D eigenvalue weighted by Crippen LogP contribution is 2.20. The maximum absolute atomic E-state index is 12.4. The predicted octanol–water partition coefficient (Wildman–Crippen LogP) is 2.53. The molecule has 0 radical (unpaired) electrons. The van der Waals surface area contributed by atoms with Crippen molar-refractivity contribution in [3.63, 3.8) is 0 Å². The first-order chi connectivity index (χ1) is 10.7. The summed E-state index contributed by atoms with van der Waals surface area (Å²) in [6.07, 6.45) is 5.46. The van der Waals surface area contributed by atoms with Gasteiger partial charge in [0.2, 0.25) is 11.8 Å². The predicted molar refractivity (Wildman–Crippen MR) is 87.4 cm³/mol. The third kappa shape index (κ3) is 4.86. The Morgan fingerprint density at radius 2 is 2.00 bits per heavy atom. The number of carbonyl (C=O) groups is 2. The van der Waals surface area contributed by atoms with Crippen LogP contribution in [0.25, 0.3) is 0 Å². The van der Waals surface area contributed by atoms with Crippen molar-refractivity contribution in [2.45, 2.75) is 51.5 Å². The third-order valence-corrected chi connectivity index (χ3v) is 4.18. The van der Waals surface area contributed by atoms with Crippen molar-refractivity contribution in [3.8, 4) is 0 Å². The maximum atomic E-state index is 12.4. The normalized spacial score (nSPS) is 18.0. The molecule has 0 aliphatic carbocycles. The van der Waals surface area contributed by atoms with Crippen LogP contribution in [0.3, 0.4) is 0 Å². The molecule has 2 amide bonds. The molecule has 1 saturated heterocycles. The number of benzene rings is 1. The summed E-state index contributed by atoms with van der Waals surface area (Å²) in [5.74, 6) is 0.0116. The number of rotatable bonds is 6. The average Bonchev–Trinajstić information content (AvgIpc) is 2.54. The van der Waals surface area contributed by atoms with Crippen molar-refractivity contribution in [1.82, 2.24) is 10.2 Å². The molecule has 4 nitrogen and oxygen atoms in total. The number of piperidine rings is 1. The molecule has 0 bridgehead atoms. The van der Waals surface area contributed by atoms with Crippen LogP contribution in [0.5, 0.6) is 0 Å². The van der Waals surface area contributed by atoms with Crippen LogP contribution in [0.4, 0.5) is 0 Å². The minimum absolute atomic E-state index is 0.0348. The van der Waals surface area contributed by atoms with Crippen molar-refractivity contribution < 1.29 is 9.59 Å². The molecule has 0 spiro atoms. The second kappa shape index (κ2) is 8.57. The van der Waals surface area contributed by atoms with E-state index in [0.717, 1.165) is 32.2 Å². The largest absolute Gasteiger partial charge is 0.347 e. The Bertz CT molecular complexity index is 487. The lowest BCUT2D eigenvalue weighted by Gasteiger charge is -2.36. The first-order valence-electron chi connectivity index (χ1n) is 8.30. The zero-order valence-corrected chi connectivity index (χ0v) is 13.4. The van der Waals surface area contributed by atoms with Crippen LogP contribution >= 0.6 is 0 Å². The second-order valence-electron chi connectivity index (χ2n) is 5.95. The highest BCUT2D eigenvalue weighted by Gasteiger charge is 2.26. The van der Waals surface area contributed by atoms with Crippen LogP contribution in [0.1, 0.15) is 44.6 Å². The van der Waals surface area contributed by atoms with E-state index < -0.39 is 0 Å². The van der Waals surface area contributed by atoms with Crippen LogP contribution in [0.15, 0.2) is 30.3 Å². The monoisotopic (exact) mass is 302 g/mol. The van der Waals surface area contributed by atoms with Crippen LogP contribution in [-0.4, -0.2) is 35.8 Å². The molecule has 1 unspecified atom stereocenters. The number of likely N-dealkylation sites (tertiary alicyclic amines) is 1. The first-order valence-corrected chi connectivity index (χ1v) is 8.30. The fraction of sp³-hybridized carbons (Fsp3) is 0.556. The van der Waals surface area contributed by atoms with Crippen molar-refractivity contribution in [3.05, 3.63) is 35.9 Å². The van der Waals surface area contributed by atoms with Crippen molar-refractivity contribution in [2.75, 3.05) is 13.1 Å². The van der Waals surface area contributed by atoms with E-state index >= 15 is 0 Å². The van der Waals surface area contributed by atoms with Gasteiger partial charge in [0.1, 0.15) is 0 Å². The number of hydrogen-bond acceptors (Lipinski definition) is 2. The zero-order valence-electron chi connectivity index (χ0n) is 13.4. The Labute approximate surface area is 132 Å². The van der Waals surface area contributed by atoms with E-state index in [9.17, 15) is 9.59 Å². The van der Waals surface area contributed by atoms with Gasteiger partial charge in [-0.1, -0.05) is 37.3 Å². The van der Waals surface area contributed by atoms with E-state index in [4.69, 9.17) is 0 Å². The molecule has 2 rings (SSSR count). The summed E-state index contributed by atoms with van der Waals surface area (Å²) in [5, 5.41) is 2.73. The summed E-state index contributed by atoms with van der Waals surface area (Å²) in [5.41, 5.74) is 1.27. The number of amides is 2. The van der Waals surface area contributed by atoms with Crippen LogP contribution in [-0.2, 0) is 16.0 Å². The van der Waals surface area contributed by atoms with E-state index in [-0.39, 0.29) is 24.4 Å². The highest BCUT2D eigenvalue weighted by atomic mass is 16.2. The molecule has 1 aliphatic heterocycles. The van der Waals surface area contributed by atoms with Gasteiger partial charge in [0.15, 0.2) is 0 Å². The second-order valence-corrected chi connectivity index (χ2v) is 5.95. The first kappa shape index (κ1) is 16.5. The van der Waals surface area contributed by atoms with Gasteiger partial charge in [0.25, 0.3) is 0 Å². The van der Waals surface area contributed by atoms with Gasteiger partial charge < -0.3 is 10.2 Å². The summed E-state index contributed by atoms with van der Waals surface area (Å²) in [6, 6.07) is 10.6. The Morgan fingerprint density at radius 3 is 2.73 bits per heavy atom. The molecule has 22 heavy (non-hydrogen) atoms. The minimum Gasteiger partial charge on any atom is -0.347 e. The SMILES string of the molecule is CCCC(=O)NCC(=O)N1CCCCC1Cc1ccccc1. The summed E-state index contributed by atoms with van der Waals surface area (Å²) in [7, 11) is 0. The fourth-order valence-corrected chi connectivity index (χ4v) is 3.02. The van der Waals surface area contributed by atoms with Gasteiger partial charge in [-0.05, 0) is 37.7 Å². The summed E-state index contributed by atoms with van der Waals surface area (Å²) < 4.78 is 0. The summed E-state index contributed by atoms with van der Waals surface area (Å²) in [6.45, 7) is 2.89. The van der Waals surface area contributed by atoms with E-state index in [1.165, 1.54) is 12.0 Å². The molecular weight excluding hydrogens is 276 g/mol. The number of carbonyl (C=O) groups excluding carboxylic acids is 2. The third-order valence-electron chi connectivity index (χ3n) is 4.18. The van der Waals surface area contributed by atoms with Crippen molar-refractivity contribution >= 4 is 11.8 Å². The zero-order chi connectivity index (χ0) is 15.8. The van der Waals surface area contributed by atoms with Crippen LogP contribution < -0.4 is 5.32 Å². The Balaban J connectivity index is 1.91. The minimum atomic E-state index is -0.0348. The average molecular weight is 302 g/mol. The van der Waals surface area contributed by atoms with Gasteiger partial charge >= 0.3 is 0 Å². The standard InChI is InChI=1S/C18H26N2O2/c1-2-8-17(21)19-14-18(22)20-12-7-6-11-16(20)13-15-9-4-3-5-10-15/h3-5,9-10,16H,2,6-8,11-14H2,1H3,(H,19,21). The lowest BCUT2D eigenvalue weighted by Crippen LogP contribution is -2.48. The van der Waals surface area contributed by atoms with Gasteiger partial charge in [0, 0.05) is 19.0 Å². The molecule has 1 aliphatic rings. The molecule has 1 heterocycles. The Hall–Kier alpha value is -1.84. The van der Waals surface area contributed by atoms with Crippen LogP contribution in [0.2, 0.25) is 0 Å². The topological polar surface area (TPSA) is 49.4 Å². The highest BCUT2D eigenvalue weighted by molar-refractivity contribution is 5.84. The summed E-state index contributed by atoms with van der Waals surface area (Å²) >= 11 is 0. The van der Waals surface area contributed by atoms with Gasteiger partial charge in [-0.15, -0.1) is 0 Å². The quantitative estimate of drug-likeness (QED) is 0.878. The lowest BCUT2D eigenvalue weighted by atomic mass is 9.95. The molecule has 1 aromatic rings. The number of nitrogens with zero attached hydrogens (tertiary/aromatic N) is 1. The van der Waals surface area contributed by atoms with Gasteiger partial charge in [-0.25, -0.2) is 0 Å². The molecule has 1 N–H and O–H groups in total. The fourth-order valence-electron chi connectivity index (χ4n) is 3.02. The maximum Gasteiger partial charge on any atom is 0.242 e. The summed E-state index contributed by atoms with van der Waals surface area (Å²) in [4.78, 5) is 25.9. The number of nitrogens with one attached hydrogen (secondary N) is 1. The smallest absolute Gasteiger partial charge is 0.242 e. The molecule has 1 fully saturated rings. The molecule has 120 valence electrons. The van der Waals surface area contributed by atoms with E-state index in [0.29, 0.717) is 6.42 Å².